The van der Waals surface area contributed by atoms with Gasteiger partial charge in [0.1, 0.15) is 0 Å². The van der Waals surface area contributed by atoms with Crippen LogP contribution in [-0.4, -0.2) is 35.0 Å². The normalized spacial score (nSPS) is 28.4. The lowest BCUT2D eigenvalue weighted by molar-refractivity contribution is -0.0556. The highest BCUT2D eigenvalue weighted by Crippen LogP contribution is 2.55. The number of halogens is 3. The zero-order chi connectivity index (χ0) is 18.2. The maximum absolute atomic E-state index is 12.3. The second kappa shape index (κ2) is 6.89. The number of hydrogen-bond donors (Lipinski definition) is 0. The second-order valence-corrected chi connectivity index (χ2v) is 13.9. The van der Waals surface area contributed by atoms with E-state index in [4.69, 9.17) is 4.43 Å². The molecule has 0 heterocycles. The van der Waals surface area contributed by atoms with Gasteiger partial charge in [-0.1, -0.05) is 13.3 Å². The minimum absolute atomic E-state index is 0.138. The van der Waals surface area contributed by atoms with Crippen molar-refractivity contribution in [3.8, 4) is 0 Å². The van der Waals surface area contributed by atoms with Crippen molar-refractivity contribution in [2.24, 2.45) is 5.92 Å². The third-order valence-electron chi connectivity index (χ3n) is 5.91. The van der Waals surface area contributed by atoms with Crippen LogP contribution in [0, 0.1) is 5.92 Å². The molecule has 0 spiro atoms. The average Bonchev–Trinajstić information content (AvgIpc) is 2.42. The lowest BCUT2D eigenvalue weighted by Crippen LogP contribution is -2.50. The molecule has 0 bridgehead atoms. The van der Waals surface area contributed by atoms with Crippen molar-refractivity contribution in [3.63, 3.8) is 0 Å². The van der Waals surface area contributed by atoms with Gasteiger partial charge in [-0.25, -0.2) is 0 Å². The largest absolute Gasteiger partial charge is 0.523 e. The van der Waals surface area contributed by atoms with Crippen molar-refractivity contribution in [2.75, 3.05) is 6.61 Å². The first-order valence-corrected chi connectivity index (χ1v) is 12.8. The van der Waals surface area contributed by atoms with E-state index in [0.717, 1.165) is 12.8 Å². The van der Waals surface area contributed by atoms with E-state index < -0.39 is 30.6 Å². The summed E-state index contributed by atoms with van der Waals surface area (Å²) in [7, 11) is -7.28. The SMILES string of the molecule is CC1([Si](C)(C)OC2CCC(COS(=O)(=O)C(F)(F)F)CC2)CCC1. The first-order chi connectivity index (χ1) is 10.9. The van der Waals surface area contributed by atoms with Gasteiger partial charge in [0.05, 0.1) is 6.61 Å². The smallest absolute Gasteiger partial charge is 0.414 e. The van der Waals surface area contributed by atoms with Crippen LogP contribution in [-0.2, 0) is 18.7 Å². The Balaban J connectivity index is 1.78. The third kappa shape index (κ3) is 4.34. The van der Waals surface area contributed by atoms with Crippen molar-refractivity contribution in [1.82, 2.24) is 0 Å². The van der Waals surface area contributed by atoms with E-state index in [1.165, 1.54) is 19.3 Å². The van der Waals surface area contributed by atoms with Crippen molar-refractivity contribution >= 4 is 18.4 Å². The van der Waals surface area contributed by atoms with Gasteiger partial charge >= 0.3 is 15.6 Å². The quantitative estimate of drug-likeness (QED) is 0.380. The van der Waals surface area contributed by atoms with Crippen LogP contribution in [0.5, 0.6) is 0 Å². The van der Waals surface area contributed by atoms with Crippen LogP contribution in [0.15, 0.2) is 0 Å². The Hall–Kier alpha value is -0.123. The lowest BCUT2D eigenvalue weighted by Gasteiger charge is -2.50. The molecule has 24 heavy (non-hydrogen) atoms. The molecule has 2 aliphatic rings. The van der Waals surface area contributed by atoms with Crippen molar-refractivity contribution in [1.29, 1.82) is 0 Å². The number of rotatable bonds is 6. The number of alkyl halides is 3. The molecule has 0 N–H and O–H groups in total. The Bertz CT molecular complexity index is 535. The Morgan fingerprint density at radius 3 is 2.08 bits per heavy atom. The Morgan fingerprint density at radius 1 is 1.12 bits per heavy atom. The van der Waals surface area contributed by atoms with E-state index in [0.29, 0.717) is 17.9 Å². The minimum Gasteiger partial charge on any atom is -0.414 e. The van der Waals surface area contributed by atoms with Gasteiger partial charge in [-0.15, -0.1) is 0 Å². The molecule has 0 aromatic heterocycles. The standard InChI is InChI=1S/C15H27F3O4SSi/c1-14(9-4-10-14)24(2,3)22-13-7-5-12(6-8-13)11-21-23(19,20)15(16,17)18/h12-13H,4-11H2,1-3H3. The molecule has 0 atom stereocenters. The van der Waals surface area contributed by atoms with Crippen LogP contribution >= 0.6 is 0 Å². The van der Waals surface area contributed by atoms with Crippen molar-refractivity contribution in [3.05, 3.63) is 0 Å². The Kier molecular flexibility index (Phi) is 5.79. The Morgan fingerprint density at radius 2 is 1.67 bits per heavy atom. The van der Waals surface area contributed by atoms with E-state index in [1.54, 1.807) is 0 Å². The highest BCUT2D eigenvalue weighted by molar-refractivity contribution is 7.87. The highest BCUT2D eigenvalue weighted by Gasteiger charge is 2.50. The summed E-state index contributed by atoms with van der Waals surface area (Å²) in [6, 6.07) is 0. The molecule has 0 saturated heterocycles. The summed E-state index contributed by atoms with van der Waals surface area (Å²) in [5.41, 5.74) is -5.35. The molecule has 0 aromatic carbocycles. The predicted octanol–water partition coefficient (Wildman–Crippen LogP) is 4.58. The summed E-state index contributed by atoms with van der Waals surface area (Å²) >= 11 is 0. The Labute approximate surface area is 143 Å². The maximum Gasteiger partial charge on any atom is 0.523 e. The van der Waals surface area contributed by atoms with Gasteiger partial charge in [0, 0.05) is 6.10 Å². The van der Waals surface area contributed by atoms with Gasteiger partial charge in [0.25, 0.3) is 0 Å². The zero-order valence-corrected chi connectivity index (χ0v) is 16.3. The molecule has 0 unspecified atom stereocenters. The van der Waals surface area contributed by atoms with Crippen molar-refractivity contribution < 1.29 is 30.2 Å². The van der Waals surface area contributed by atoms with E-state index in [2.05, 4.69) is 24.2 Å². The molecule has 2 saturated carbocycles. The molecule has 0 aromatic rings. The summed E-state index contributed by atoms with van der Waals surface area (Å²) < 4.78 is 69.2. The fourth-order valence-electron chi connectivity index (χ4n) is 3.54. The molecular weight excluding hydrogens is 361 g/mol. The molecule has 4 nitrogen and oxygen atoms in total. The van der Waals surface area contributed by atoms with Crippen LogP contribution in [0.3, 0.4) is 0 Å². The molecule has 2 rings (SSSR count). The fraction of sp³-hybridized carbons (Fsp3) is 1.00. The topological polar surface area (TPSA) is 52.6 Å². The first-order valence-electron chi connectivity index (χ1n) is 8.50. The van der Waals surface area contributed by atoms with Gasteiger partial charge in [-0.3, -0.25) is 4.18 Å². The van der Waals surface area contributed by atoms with Crippen LogP contribution in [0.25, 0.3) is 0 Å². The summed E-state index contributed by atoms with van der Waals surface area (Å²) in [6.07, 6.45) is 6.61. The van der Waals surface area contributed by atoms with Gasteiger partial charge < -0.3 is 4.43 Å². The molecule has 2 aliphatic carbocycles. The summed E-state index contributed by atoms with van der Waals surface area (Å²) in [6.45, 7) is 6.39. The van der Waals surface area contributed by atoms with E-state index in [1.807, 2.05) is 0 Å². The fourth-order valence-corrected chi connectivity index (χ4v) is 6.95. The highest BCUT2D eigenvalue weighted by atomic mass is 32.2. The molecule has 0 radical (unpaired) electrons. The minimum atomic E-state index is -5.48. The summed E-state index contributed by atoms with van der Waals surface area (Å²) in [4.78, 5) is 0. The zero-order valence-electron chi connectivity index (χ0n) is 14.5. The van der Waals surface area contributed by atoms with E-state index in [-0.39, 0.29) is 12.0 Å². The van der Waals surface area contributed by atoms with Gasteiger partial charge in [-0.05, 0) is 62.6 Å². The second-order valence-electron chi connectivity index (χ2n) is 7.87. The van der Waals surface area contributed by atoms with Crippen molar-refractivity contribution in [2.45, 2.75) is 81.6 Å². The van der Waals surface area contributed by atoms with Crippen LogP contribution < -0.4 is 0 Å². The third-order valence-corrected chi connectivity index (χ3v) is 11.3. The lowest BCUT2D eigenvalue weighted by atomic mass is 9.86. The molecule has 2 fully saturated rings. The summed E-state index contributed by atoms with van der Waals surface area (Å²) in [5.74, 6) is -0.161. The monoisotopic (exact) mass is 388 g/mol. The van der Waals surface area contributed by atoms with Gasteiger partial charge in [0.15, 0.2) is 8.32 Å². The first kappa shape index (κ1) is 20.2. The van der Waals surface area contributed by atoms with Crippen LogP contribution in [0.2, 0.25) is 18.1 Å². The van der Waals surface area contributed by atoms with Gasteiger partial charge in [-0.2, -0.15) is 21.6 Å². The average molecular weight is 389 g/mol. The molecule has 9 heteroatoms. The number of hydrogen-bond acceptors (Lipinski definition) is 4. The summed E-state index contributed by atoms with van der Waals surface area (Å²) in [5, 5.41) is 0.327. The molecular formula is C15H27F3O4SSi. The van der Waals surface area contributed by atoms with E-state index in [9.17, 15) is 21.6 Å². The molecule has 142 valence electrons. The predicted molar refractivity (Wildman–Crippen MR) is 87.5 cm³/mol. The van der Waals surface area contributed by atoms with Crippen LogP contribution in [0.1, 0.15) is 51.9 Å². The van der Waals surface area contributed by atoms with E-state index >= 15 is 0 Å². The molecule has 0 amide bonds. The van der Waals surface area contributed by atoms with Gasteiger partial charge in [0.2, 0.25) is 0 Å². The maximum atomic E-state index is 12.3. The van der Waals surface area contributed by atoms with Crippen LogP contribution in [0.4, 0.5) is 13.2 Å². The molecule has 0 aliphatic heterocycles.